The van der Waals surface area contributed by atoms with Crippen molar-refractivity contribution in [2.24, 2.45) is 0 Å². The Morgan fingerprint density at radius 2 is 2.04 bits per heavy atom. The Labute approximate surface area is 141 Å². The summed E-state index contributed by atoms with van der Waals surface area (Å²) in [5, 5.41) is 10.7. The number of ether oxygens (including phenoxy) is 2. The number of aryl methyl sites for hydroxylation is 2. The van der Waals surface area contributed by atoms with Crippen molar-refractivity contribution < 1.29 is 14.6 Å². The molecule has 126 valence electrons. The van der Waals surface area contributed by atoms with Crippen LogP contribution in [0.5, 0.6) is 11.5 Å². The van der Waals surface area contributed by atoms with Gasteiger partial charge < -0.3 is 19.5 Å². The third-order valence-corrected chi connectivity index (χ3v) is 4.76. The highest BCUT2D eigenvalue weighted by molar-refractivity contribution is 5.47. The van der Waals surface area contributed by atoms with E-state index >= 15 is 0 Å². The smallest absolute Gasteiger partial charge is 0.231 e. The number of rotatable bonds is 2. The third-order valence-electron chi connectivity index (χ3n) is 4.76. The van der Waals surface area contributed by atoms with Gasteiger partial charge in [0.1, 0.15) is 5.82 Å². The van der Waals surface area contributed by atoms with Gasteiger partial charge in [-0.15, -0.1) is 0 Å². The highest BCUT2D eigenvalue weighted by Gasteiger charge is 2.31. The summed E-state index contributed by atoms with van der Waals surface area (Å²) in [7, 11) is 0. The van der Waals surface area contributed by atoms with Gasteiger partial charge in [0.15, 0.2) is 11.5 Å². The Hall–Kier alpha value is -2.34. The SMILES string of the molecule is Cc1cnc(C)c(N2CC[C@H](c3ccc4c(c3)OCO4)[C@@H](O)C2)n1. The first-order chi connectivity index (χ1) is 11.6. The topological polar surface area (TPSA) is 67.7 Å². The molecule has 3 heterocycles. The average molecular weight is 327 g/mol. The van der Waals surface area contributed by atoms with E-state index in [1.54, 1.807) is 6.20 Å². The van der Waals surface area contributed by atoms with Gasteiger partial charge in [-0.1, -0.05) is 6.07 Å². The van der Waals surface area contributed by atoms with Crippen LogP contribution in [-0.2, 0) is 0 Å². The summed E-state index contributed by atoms with van der Waals surface area (Å²) < 4.78 is 10.8. The van der Waals surface area contributed by atoms with E-state index in [-0.39, 0.29) is 12.7 Å². The molecular weight excluding hydrogens is 306 g/mol. The van der Waals surface area contributed by atoms with Gasteiger partial charge in [0, 0.05) is 25.2 Å². The van der Waals surface area contributed by atoms with Crippen LogP contribution in [0.15, 0.2) is 24.4 Å². The fraction of sp³-hybridized carbons (Fsp3) is 0.444. The van der Waals surface area contributed by atoms with E-state index in [9.17, 15) is 5.11 Å². The van der Waals surface area contributed by atoms with Crippen LogP contribution in [0.25, 0.3) is 0 Å². The van der Waals surface area contributed by atoms with E-state index in [0.717, 1.165) is 47.2 Å². The maximum Gasteiger partial charge on any atom is 0.231 e. The lowest BCUT2D eigenvalue weighted by atomic mass is 9.87. The van der Waals surface area contributed by atoms with E-state index in [4.69, 9.17) is 9.47 Å². The minimum atomic E-state index is -0.458. The van der Waals surface area contributed by atoms with Crippen LogP contribution in [-0.4, -0.2) is 41.1 Å². The van der Waals surface area contributed by atoms with Gasteiger partial charge in [-0.05, 0) is 38.0 Å². The largest absolute Gasteiger partial charge is 0.454 e. The molecular formula is C18H21N3O3. The summed E-state index contributed by atoms with van der Waals surface area (Å²) in [6.45, 7) is 5.56. The molecule has 0 aliphatic carbocycles. The number of β-amino-alcohol motifs (C(OH)–C–C–N with tert-alkyl or cyclic N) is 1. The van der Waals surface area contributed by atoms with Crippen LogP contribution in [0.1, 0.15) is 29.3 Å². The zero-order chi connectivity index (χ0) is 16.7. The predicted octanol–water partition coefficient (Wildman–Crippen LogP) is 2.18. The molecule has 0 saturated carbocycles. The normalized spacial score (nSPS) is 22.7. The molecule has 6 nitrogen and oxygen atoms in total. The zero-order valence-corrected chi connectivity index (χ0v) is 13.9. The highest BCUT2D eigenvalue weighted by Crippen LogP contribution is 2.38. The van der Waals surface area contributed by atoms with Crippen molar-refractivity contribution >= 4 is 5.82 Å². The van der Waals surface area contributed by atoms with Gasteiger partial charge >= 0.3 is 0 Å². The van der Waals surface area contributed by atoms with Crippen molar-refractivity contribution in [2.75, 3.05) is 24.8 Å². The zero-order valence-electron chi connectivity index (χ0n) is 13.9. The molecule has 0 unspecified atom stereocenters. The fourth-order valence-corrected chi connectivity index (χ4v) is 3.48. The molecule has 0 radical (unpaired) electrons. The Balaban J connectivity index is 1.53. The molecule has 1 N–H and O–H groups in total. The van der Waals surface area contributed by atoms with Crippen molar-refractivity contribution in [3.63, 3.8) is 0 Å². The van der Waals surface area contributed by atoms with Crippen LogP contribution in [0, 0.1) is 13.8 Å². The number of nitrogens with zero attached hydrogens (tertiary/aromatic N) is 3. The number of aromatic nitrogens is 2. The van der Waals surface area contributed by atoms with Crippen molar-refractivity contribution in [3.8, 4) is 11.5 Å². The lowest BCUT2D eigenvalue weighted by Gasteiger charge is -2.37. The molecule has 0 amide bonds. The van der Waals surface area contributed by atoms with Crippen molar-refractivity contribution in [1.29, 1.82) is 0 Å². The second-order valence-corrected chi connectivity index (χ2v) is 6.44. The van der Waals surface area contributed by atoms with Gasteiger partial charge in [-0.2, -0.15) is 0 Å². The van der Waals surface area contributed by atoms with Crippen molar-refractivity contribution in [1.82, 2.24) is 9.97 Å². The van der Waals surface area contributed by atoms with Gasteiger partial charge in [0.2, 0.25) is 6.79 Å². The first kappa shape index (κ1) is 15.2. The van der Waals surface area contributed by atoms with Crippen LogP contribution < -0.4 is 14.4 Å². The fourth-order valence-electron chi connectivity index (χ4n) is 3.48. The molecule has 2 aliphatic heterocycles. The van der Waals surface area contributed by atoms with E-state index in [2.05, 4.69) is 14.9 Å². The average Bonchev–Trinajstić information content (AvgIpc) is 3.04. The van der Waals surface area contributed by atoms with Gasteiger partial charge in [0.05, 0.1) is 17.5 Å². The molecule has 4 rings (SSSR count). The molecule has 6 heteroatoms. The molecule has 2 aromatic rings. The standard InChI is InChI=1S/C18H21N3O3/c1-11-8-19-12(2)18(20-11)21-6-5-14(15(22)9-21)13-3-4-16-17(7-13)24-10-23-16/h3-4,7-8,14-15,22H,5-6,9-10H2,1-2H3/t14-,15+/m1/s1. The minimum absolute atomic E-state index is 0.0915. The first-order valence-corrected chi connectivity index (χ1v) is 8.24. The first-order valence-electron chi connectivity index (χ1n) is 8.24. The Morgan fingerprint density at radius 1 is 1.21 bits per heavy atom. The number of anilines is 1. The number of aliphatic hydroxyl groups is 1. The Morgan fingerprint density at radius 3 is 2.88 bits per heavy atom. The summed E-state index contributed by atoms with van der Waals surface area (Å²) >= 11 is 0. The second-order valence-electron chi connectivity index (χ2n) is 6.44. The van der Waals surface area contributed by atoms with E-state index in [1.165, 1.54) is 0 Å². The molecule has 1 aromatic heterocycles. The summed E-state index contributed by atoms with van der Waals surface area (Å²) in [4.78, 5) is 11.1. The maximum atomic E-state index is 10.7. The lowest BCUT2D eigenvalue weighted by Crippen LogP contribution is -2.43. The minimum Gasteiger partial charge on any atom is -0.454 e. The lowest BCUT2D eigenvalue weighted by molar-refractivity contribution is 0.129. The number of hydrogen-bond donors (Lipinski definition) is 1. The van der Waals surface area contributed by atoms with E-state index in [1.807, 2.05) is 32.0 Å². The van der Waals surface area contributed by atoms with Crippen LogP contribution in [0.2, 0.25) is 0 Å². The van der Waals surface area contributed by atoms with Crippen LogP contribution in [0.3, 0.4) is 0 Å². The molecule has 24 heavy (non-hydrogen) atoms. The van der Waals surface area contributed by atoms with Crippen molar-refractivity contribution in [3.05, 3.63) is 41.3 Å². The predicted molar refractivity (Wildman–Crippen MR) is 89.6 cm³/mol. The number of aliphatic hydroxyl groups excluding tert-OH is 1. The highest BCUT2D eigenvalue weighted by atomic mass is 16.7. The molecule has 0 spiro atoms. The molecule has 1 aromatic carbocycles. The van der Waals surface area contributed by atoms with E-state index < -0.39 is 6.10 Å². The summed E-state index contributed by atoms with van der Waals surface area (Å²) in [5.74, 6) is 2.51. The molecule has 1 fully saturated rings. The van der Waals surface area contributed by atoms with E-state index in [0.29, 0.717) is 6.54 Å². The Bertz CT molecular complexity index is 765. The monoisotopic (exact) mass is 327 g/mol. The van der Waals surface area contributed by atoms with Gasteiger partial charge in [0.25, 0.3) is 0 Å². The van der Waals surface area contributed by atoms with Crippen molar-refractivity contribution in [2.45, 2.75) is 32.3 Å². The molecule has 2 atom stereocenters. The summed E-state index contributed by atoms with van der Waals surface area (Å²) in [6, 6.07) is 5.94. The second kappa shape index (κ2) is 5.94. The Kier molecular flexibility index (Phi) is 3.76. The molecule has 1 saturated heterocycles. The van der Waals surface area contributed by atoms with Gasteiger partial charge in [-0.25, -0.2) is 4.98 Å². The number of hydrogen-bond acceptors (Lipinski definition) is 6. The van der Waals surface area contributed by atoms with Crippen LogP contribution in [0.4, 0.5) is 5.82 Å². The molecule has 0 bridgehead atoms. The summed E-state index contributed by atoms with van der Waals surface area (Å²) in [5.41, 5.74) is 2.88. The quantitative estimate of drug-likeness (QED) is 0.912. The van der Waals surface area contributed by atoms with Crippen LogP contribution >= 0.6 is 0 Å². The number of benzene rings is 1. The summed E-state index contributed by atoms with van der Waals surface area (Å²) in [6.07, 6.45) is 2.17. The third kappa shape index (κ3) is 2.67. The number of piperidine rings is 1. The molecule has 2 aliphatic rings. The van der Waals surface area contributed by atoms with Gasteiger partial charge in [-0.3, -0.25) is 4.98 Å². The number of fused-ring (bicyclic) bond motifs is 1. The maximum absolute atomic E-state index is 10.7.